The Morgan fingerprint density at radius 2 is 2.00 bits per heavy atom. The minimum atomic E-state index is 0.630. The van der Waals surface area contributed by atoms with Gasteiger partial charge in [-0.05, 0) is 32.0 Å². The molecule has 0 amide bonds. The van der Waals surface area contributed by atoms with Crippen LogP contribution in [0.15, 0.2) is 22.9 Å². The first-order valence-corrected chi connectivity index (χ1v) is 10.8. The van der Waals surface area contributed by atoms with Crippen molar-refractivity contribution >= 4 is 17.6 Å². The molecule has 1 saturated heterocycles. The lowest BCUT2D eigenvalue weighted by Gasteiger charge is -2.29. The van der Waals surface area contributed by atoms with Crippen molar-refractivity contribution in [2.45, 2.75) is 44.7 Å². The third-order valence-electron chi connectivity index (χ3n) is 5.39. The number of rotatable bonds is 5. The van der Waals surface area contributed by atoms with E-state index >= 15 is 0 Å². The maximum Gasteiger partial charge on any atom is 0.241 e. The van der Waals surface area contributed by atoms with Crippen LogP contribution in [-0.4, -0.2) is 57.7 Å². The molecule has 1 aliphatic carbocycles. The molecule has 2 aromatic heterocycles. The SMILES string of the molecule is CN(Cc1nc(-c2ccc(N3CCSCC3)nc2)no1)C1CCCCC1. The summed E-state index contributed by atoms with van der Waals surface area (Å²) in [4.78, 5) is 13.9. The largest absolute Gasteiger partial charge is 0.355 e. The van der Waals surface area contributed by atoms with Crippen molar-refractivity contribution in [1.29, 1.82) is 0 Å². The highest BCUT2D eigenvalue weighted by molar-refractivity contribution is 7.99. The van der Waals surface area contributed by atoms with E-state index in [0.29, 0.717) is 24.3 Å². The summed E-state index contributed by atoms with van der Waals surface area (Å²) in [5.74, 6) is 4.70. The number of nitrogens with zero attached hydrogens (tertiary/aromatic N) is 5. The Morgan fingerprint density at radius 1 is 1.19 bits per heavy atom. The van der Waals surface area contributed by atoms with Gasteiger partial charge in [0.1, 0.15) is 5.82 Å². The van der Waals surface area contributed by atoms with Gasteiger partial charge in [-0.25, -0.2) is 4.98 Å². The first-order valence-electron chi connectivity index (χ1n) is 9.61. The number of pyridine rings is 1. The highest BCUT2D eigenvalue weighted by Gasteiger charge is 2.20. The first-order chi connectivity index (χ1) is 12.8. The van der Waals surface area contributed by atoms with Crippen LogP contribution in [0.4, 0.5) is 5.82 Å². The summed E-state index contributed by atoms with van der Waals surface area (Å²) in [6.45, 7) is 2.85. The molecule has 0 unspecified atom stereocenters. The van der Waals surface area contributed by atoms with E-state index in [-0.39, 0.29) is 0 Å². The van der Waals surface area contributed by atoms with Crippen molar-refractivity contribution in [3.05, 3.63) is 24.2 Å². The maximum atomic E-state index is 5.48. The Morgan fingerprint density at radius 3 is 2.73 bits per heavy atom. The van der Waals surface area contributed by atoms with E-state index < -0.39 is 0 Å². The number of thioether (sulfide) groups is 1. The van der Waals surface area contributed by atoms with Crippen LogP contribution in [0.1, 0.15) is 38.0 Å². The molecule has 0 radical (unpaired) electrons. The van der Waals surface area contributed by atoms with Gasteiger partial charge >= 0.3 is 0 Å². The van der Waals surface area contributed by atoms with E-state index in [1.54, 1.807) is 0 Å². The van der Waals surface area contributed by atoms with E-state index in [1.807, 2.05) is 24.0 Å². The molecule has 1 aliphatic heterocycles. The van der Waals surface area contributed by atoms with Gasteiger partial charge in [-0.2, -0.15) is 16.7 Å². The normalized spacial score (nSPS) is 19.2. The van der Waals surface area contributed by atoms with Crippen molar-refractivity contribution < 1.29 is 4.52 Å². The second-order valence-corrected chi connectivity index (χ2v) is 8.45. The van der Waals surface area contributed by atoms with Gasteiger partial charge in [-0.15, -0.1) is 0 Å². The highest BCUT2D eigenvalue weighted by atomic mass is 32.2. The van der Waals surface area contributed by atoms with Gasteiger partial charge in [0, 0.05) is 42.4 Å². The van der Waals surface area contributed by atoms with E-state index in [0.717, 1.165) is 24.5 Å². The lowest BCUT2D eigenvalue weighted by atomic mass is 9.94. The molecule has 0 N–H and O–H groups in total. The summed E-state index contributed by atoms with van der Waals surface area (Å²) in [5, 5.41) is 4.16. The van der Waals surface area contributed by atoms with Gasteiger partial charge in [-0.1, -0.05) is 24.4 Å². The second-order valence-electron chi connectivity index (χ2n) is 7.22. The summed E-state index contributed by atoms with van der Waals surface area (Å²) in [6, 6.07) is 4.75. The van der Waals surface area contributed by atoms with Crippen LogP contribution in [0.2, 0.25) is 0 Å². The third-order valence-corrected chi connectivity index (χ3v) is 6.33. The van der Waals surface area contributed by atoms with Gasteiger partial charge < -0.3 is 9.42 Å². The Bertz CT molecular complexity index is 692. The van der Waals surface area contributed by atoms with Crippen molar-refractivity contribution in [2.75, 3.05) is 36.5 Å². The fraction of sp³-hybridized carbons (Fsp3) is 0.632. The van der Waals surface area contributed by atoms with Crippen LogP contribution in [-0.2, 0) is 6.54 Å². The van der Waals surface area contributed by atoms with Crippen LogP contribution in [0, 0.1) is 0 Å². The molecule has 1 saturated carbocycles. The molecule has 6 nitrogen and oxygen atoms in total. The van der Waals surface area contributed by atoms with Crippen LogP contribution >= 0.6 is 11.8 Å². The molecule has 0 bridgehead atoms. The zero-order valence-corrected chi connectivity index (χ0v) is 16.2. The molecule has 0 atom stereocenters. The van der Waals surface area contributed by atoms with Crippen LogP contribution in [0.5, 0.6) is 0 Å². The Kier molecular flexibility index (Phi) is 5.75. The predicted octanol–water partition coefficient (Wildman–Crippen LogP) is 3.45. The zero-order chi connectivity index (χ0) is 17.8. The maximum absolute atomic E-state index is 5.48. The minimum Gasteiger partial charge on any atom is -0.355 e. The highest BCUT2D eigenvalue weighted by Crippen LogP contribution is 2.24. The summed E-state index contributed by atoms with van der Waals surface area (Å²) >= 11 is 2.01. The lowest BCUT2D eigenvalue weighted by Crippen LogP contribution is -2.33. The van der Waals surface area contributed by atoms with E-state index in [2.05, 4.69) is 38.0 Å². The molecule has 2 fully saturated rings. The molecular weight excluding hydrogens is 346 g/mol. The number of hydrogen-bond acceptors (Lipinski definition) is 7. The number of hydrogen-bond donors (Lipinski definition) is 0. The molecule has 3 heterocycles. The van der Waals surface area contributed by atoms with Gasteiger partial charge in [0.2, 0.25) is 11.7 Å². The zero-order valence-electron chi connectivity index (χ0n) is 15.4. The van der Waals surface area contributed by atoms with Gasteiger partial charge in [0.15, 0.2) is 0 Å². The fourth-order valence-corrected chi connectivity index (χ4v) is 4.70. The third kappa shape index (κ3) is 4.20. The van der Waals surface area contributed by atoms with Gasteiger partial charge in [-0.3, -0.25) is 4.90 Å². The second kappa shape index (κ2) is 8.39. The molecule has 140 valence electrons. The van der Waals surface area contributed by atoms with Crippen LogP contribution in [0.25, 0.3) is 11.4 Å². The molecule has 2 aromatic rings. The molecule has 0 spiro atoms. The topological polar surface area (TPSA) is 58.3 Å². The van der Waals surface area contributed by atoms with Crippen molar-refractivity contribution in [3.63, 3.8) is 0 Å². The average molecular weight is 374 g/mol. The Balaban J connectivity index is 1.39. The van der Waals surface area contributed by atoms with Gasteiger partial charge in [0.05, 0.1) is 6.54 Å². The smallest absolute Gasteiger partial charge is 0.241 e. The summed E-state index contributed by atoms with van der Waals surface area (Å²) in [5.41, 5.74) is 0.912. The van der Waals surface area contributed by atoms with Gasteiger partial charge in [0.25, 0.3) is 0 Å². The van der Waals surface area contributed by atoms with Crippen molar-refractivity contribution in [2.24, 2.45) is 0 Å². The quantitative estimate of drug-likeness (QED) is 0.795. The van der Waals surface area contributed by atoms with Crippen molar-refractivity contribution in [3.8, 4) is 11.4 Å². The monoisotopic (exact) mass is 373 g/mol. The molecule has 2 aliphatic rings. The molecule has 7 heteroatoms. The molecule has 0 aromatic carbocycles. The van der Waals surface area contributed by atoms with Crippen LogP contribution < -0.4 is 4.90 Å². The average Bonchev–Trinajstić information content (AvgIpc) is 3.18. The molecule has 26 heavy (non-hydrogen) atoms. The Labute approximate surface area is 159 Å². The summed E-state index contributed by atoms with van der Waals surface area (Å²) in [7, 11) is 2.16. The minimum absolute atomic E-state index is 0.630. The van der Waals surface area contributed by atoms with E-state index in [1.165, 1.54) is 43.6 Å². The lowest BCUT2D eigenvalue weighted by molar-refractivity contribution is 0.165. The molecular formula is C19H27N5OS. The molecule has 4 rings (SSSR count). The van der Waals surface area contributed by atoms with Crippen LogP contribution in [0.3, 0.4) is 0 Å². The number of aromatic nitrogens is 3. The van der Waals surface area contributed by atoms with E-state index in [4.69, 9.17) is 4.52 Å². The first kappa shape index (κ1) is 17.8. The number of anilines is 1. The fourth-order valence-electron chi connectivity index (χ4n) is 3.80. The summed E-state index contributed by atoms with van der Waals surface area (Å²) < 4.78 is 5.48. The van der Waals surface area contributed by atoms with E-state index in [9.17, 15) is 0 Å². The van der Waals surface area contributed by atoms with Crippen molar-refractivity contribution in [1.82, 2.24) is 20.0 Å². The standard InChI is InChI=1S/C19H27N5OS/c1-23(16-5-3-2-4-6-16)14-18-21-19(22-25-18)15-7-8-17(20-13-15)24-9-11-26-12-10-24/h7-8,13,16H,2-6,9-12,14H2,1H3. The predicted molar refractivity (Wildman–Crippen MR) is 105 cm³/mol. The summed E-state index contributed by atoms with van der Waals surface area (Å²) in [6.07, 6.45) is 8.44. The Hall–Kier alpha value is -1.60.